The van der Waals surface area contributed by atoms with Gasteiger partial charge < -0.3 is 5.73 Å². The van der Waals surface area contributed by atoms with Crippen LogP contribution in [0.2, 0.25) is 5.02 Å². The first-order valence-electron chi connectivity index (χ1n) is 6.47. The third kappa shape index (κ3) is 3.75. The molecule has 2 aromatic rings. The zero-order valence-corrected chi connectivity index (χ0v) is 13.9. The second kappa shape index (κ2) is 6.61. The number of benzene rings is 2. The number of nitrogens with zero attached hydrogens (tertiary/aromatic N) is 1. The summed E-state index contributed by atoms with van der Waals surface area (Å²) in [6.45, 7) is 3.02. The van der Waals surface area contributed by atoms with Crippen LogP contribution in [0.1, 0.15) is 24.1 Å². The molecule has 2 nitrogen and oxygen atoms in total. The highest BCUT2D eigenvalue weighted by molar-refractivity contribution is 9.10. The number of anilines is 1. The smallest absolute Gasteiger partial charge is 0.0409 e. The molecule has 0 bridgehead atoms. The summed E-state index contributed by atoms with van der Waals surface area (Å²) in [5, 5.41) is 0.774. The van der Waals surface area contributed by atoms with E-state index in [1.165, 1.54) is 11.1 Å². The lowest BCUT2D eigenvalue weighted by atomic mass is 10.1. The van der Waals surface area contributed by atoms with Gasteiger partial charge in [0.15, 0.2) is 0 Å². The molecular weight excluding hydrogens is 336 g/mol. The fourth-order valence-corrected chi connectivity index (χ4v) is 2.84. The molecule has 0 radical (unpaired) electrons. The molecule has 4 heteroatoms. The summed E-state index contributed by atoms with van der Waals surface area (Å²) in [7, 11) is 2.11. The Morgan fingerprint density at radius 3 is 2.65 bits per heavy atom. The van der Waals surface area contributed by atoms with Crippen molar-refractivity contribution >= 4 is 33.2 Å². The third-order valence-corrected chi connectivity index (χ3v) is 4.46. The summed E-state index contributed by atoms with van der Waals surface area (Å²) in [6.07, 6.45) is 0. The maximum Gasteiger partial charge on any atom is 0.0409 e. The standard InChI is InChI=1S/C16H18BrClN2/c1-11(12-4-3-5-14(18)8-12)20(2)10-13-6-7-15(19)9-16(13)17/h3-9,11H,10,19H2,1-2H3. The predicted octanol–water partition coefficient (Wildman–Crippen LogP) is 4.88. The molecule has 2 aromatic carbocycles. The molecular formula is C16H18BrClN2. The average molecular weight is 354 g/mol. The van der Waals surface area contributed by atoms with Crippen LogP contribution in [-0.2, 0) is 6.54 Å². The quantitative estimate of drug-likeness (QED) is 0.794. The Morgan fingerprint density at radius 1 is 1.25 bits per heavy atom. The van der Waals surface area contributed by atoms with Crippen LogP contribution in [0.3, 0.4) is 0 Å². The molecule has 0 aromatic heterocycles. The monoisotopic (exact) mass is 352 g/mol. The molecule has 0 saturated carbocycles. The van der Waals surface area contributed by atoms with E-state index in [0.717, 1.165) is 21.7 Å². The number of nitrogen functional groups attached to an aromatic ring is 1. The SMILES string of the molecule is CC(c1cccc(Cl)c1)N(C)Cc1ccc(N)cc1Br. The molecule has 0 heterocycles. The van der Waals surface area contributed by atoms with E-state index in [1.54, 1.807) is 0 Å². The van der Waals surface area contributed by atoms with Crippen LogP contribution in [0.25, 0.3) is 0 Å². The molecule has 0 saturated heterocycles. The van der Waals surface area contributed by atoms with Crippen molar-refractivity contribution in [3.8, 4) is 0 Å². The zero-order chi connectivity index (χ0) is 14.7. The van der Waals surface area contributed by atoms with Crippen molar-refractivity contribution in [2.45, 2.75) is 19.5 Å². The Balaban J connectivity index is 2.13. The summed E-state index contributed by atoms with van der Waals surface area (Å²) >= 11 is 9.62. The zero-order valence-electron chi connectivity index (χ0n) is 11.6. The van der Waals surface area contributed by atoms with Crippen LogP contribution in [0.4, 0.5) is 5.69 Å². The van der Waals surface area contributed by atoms with Crippen LogP contribution < -0.4 is 5.73 Å². The van der Waals surface area contributed by atoms with E-state index < -0.39 is 0 Å². The Kier molecular flexibility index (Phi) is 5.08. The van der Waals surface area contributed by atoms with Gasteiger partial charge in [-0.2, -0.15) is 0 Å². The largest absolute Gasteiger partial charge is 0.399 e. The Morgan fingerprint density at radius 2 is 2.00 bits per heavy atom. The second-order valence-electron chi connectivity index (χ2n) is 5.00. The molecule has 20 heavy (non-hydrogen) atoms. The lowest BCUT2D eigenvalue weighted by Gasteiger charge is -2.25. The second-order valence-corrected chi connectivity index (χ2v) is 6.29. The van der Waals surface area contributed by atoms with E-state index in [4.69, 9.17) is 17.3 Å². The highest BCUT2D eigenvalue weighted by Gasteiger charge is 2.13. The summed E-state index contributed by atoms with van der Waals surface area (Å²) < 4.78 is 1.04. The maximum absolute atomic E-state index is 6.06. The molecule has 0 spiro atoms. The Hall–Kier alpha value is -1.03. The van der Waals surface area contributed by atoms with E-state index in [9.17, 15) is 0 Å². The molecule has 0 aliphatic rings. The molecule has 2 rings (SSSR count). The van der Waals surface area contributed by atoms with Gasteiger partial charge in [-0.05, 0) is 49.4 Å². The van der Waals surface area contributed by atoms with Crippen molar-refractivity contribution in [3.63, 3.8) is 0 Å². The van der Waals surface area contributed by atoms with Gasteiger partial charge in [0, 0.05) is 27.8 Å². The first-order valence-corrected chi connectivity index (χ1v) is 7.64. The fourth-order valence-electron chi connectivity index (χ4n) is 2.12. The topological polar surface area (TPSA) is 29.3 Å². The number of nitrogens with two attached hydrogens (primary N) is 1. The van der Waals surface area contributed by atoms with Gasteiger partial charge in [-0.25, -0.2) is 0 Å². The lowest BCUT2D eigenvalue weighted by Crippen LogP contribution is -2.22. The molecule has 2 N–H and O–H groups in total. The molecule has 0 aliphatic carbocycles. The van der Waals surface area contributed by atoms with E-state index in [2.05, 4.69) is 46.9 Å². The Bertz CT molecular complexity index is 601. The van der Waals surface area contributed by atoms with Crippen molar-refractivity contribution in [2.75, 3.05) is 12.8 Å². The maximum atomic E-state index is 6.06. The van der Waals surface area contributed by atoms with E-state index in [0.29, 0.717) is 0 Å². The van der Waals surface area contributed by atoms with Crippen molar-refractivity contribution in [1.29, 1.82) is 0 Å². The molecule has 0 aliphatic heterocycles. The van der Waals surface area contributed by atoms with Crippen molar-refractivity contribution in [3.05, 3.63) is 63.1 Å². The summed E-state index contributed by atoms with van der Waals surface area (Å²) in [5.41, 5.74) is 8.97. The summed E-state index contributed by atoms with van der Waals surface area (Å²) in [4.78, 5) is 2.28. The van der Waals surface area contributed by atoms with Crippen molar-refractivity contribution < 1.29 is 0 Å². The van der Waals surface area contributed by atoms with Gasteiger partial charge in [0.05, 0.1) is 0 Å². The summed E-state index contributed by atoms with van der Waals surface area (Å²) in [6, 6.07) is 14.2. The minimum Gasteiger partial charge on any atom is -0.399 e. The number of halogens is 2. The highest BCUT2D eigenvalue weighted by Crippen LogP contribution is 2.26. The molecule has 1 unspecified atom stereocenters. The number of hydrogen-bond donors (Lipinski definition) is 1. The number of hydrogen-bond acceptors (Lipinski definition) is 2. The van der Waals surface area contributed by atoms with Crippen molar-refractivity contribution in [1.82, 2.24) is 4.90 Å². The van der Waals surface area contributed by atoms with Gasteiger partial charge in [-0.15, -0.1) is 0 Å². The van der Waals surface area contributed by atoms with Gasteiger partial charge in [-0.1, -0.05) is 45.7 Å². The predicted molar refractivity (Wildman–Crippen MR) is 89.9 cm³/mol. The Labute approximate surface area is 133 Å². The summed E-state index contributed by atoms with van der Waals surface area (Å²) in [5.74, 6) is 0. The van der Waals surface area contributed by atoms with E-state index in [1.807, 2.05) is 30.3 Å². The fraction of sp³-hybridized carbons (Fsp3) is 0.250. The average Bonchev–Trinajstić information content (AvgIpc) is 2.41. The molecule has 106 valence electrons. The molecule has 0 fully saturated rings. The first-order chi connectivity index (χ1) is 9.47. The normalized spacial score (nSPS) is 12.7. The minimum atomic E-state index is 0.290. The van der Waals surface area contributed by atoms with Crippen LogP contribution in [0.5, 0.6) is 0 Å². The van der Waals surface area contributed by atoms with Crippen LogP contribution in [0, 0.1) is 0 Å². The van der Waals surface area contributed by atoms with Gasteiger partial charge in [0.2, 0.25) is 0 Å². The van der Waals surface area contributed by atoms with Crippen LogP contribution >= 0.6 is 27.5 Å². The highest BCUT2D eigenvalue weighted by atomic mass is 79.9. The van der Waals surface area contributed by atoms with Gasteiger partial charge in [-0.3, -0.25) is 4.90 Å². The van der Waals surface area contributed by atoms with Gasteiger partial charge in [0.1, 0.15) is 0 Å². The number of rotatable bonds is 4. The van der Waals surface area contributed by atoms with Crippen molar-refractivity contribution in [2.24, 2.45) is 0 Å². The molecule has 1 atom stereocenters. The third-order valence-electron chi connectivity index (χ3n) is 3.49. The van der Waals surface area contributed by atoms with E-state index >= 15 is 0 Å². The van der Waals surface area contributed by atoms with Gasteiger partial charge >= 0.3 is 0 Å². The lowest BCUT2D eigenvalue weighted by molar-refractivity contribution is 0.252. The van der Waals surface area contributed by atoms with E-state index in [-0.39, 0.29) is 6.04 Å². The minimum absolute atomic E-state index is 0.290. The molecule has 0 amide bonds. The van der Waals surface area contributed by atoms with Crippen LogP contribution in [0.15, 0.2) is 46.9 Å². The first kappa shape index (κ1) is 15.4. The van der Waals surface area contributed by atoms with Crippen LogP contribution in [-0.4, -0.2) is 11.9 Å². The van der Waals surface area contributed by atoms with Gasteiger partial charge in [0.25, 0.3) is 0 Å².